The van der Waals surface area contributed by atoms with Gasteiger partial charge in [-0.2, -0.15) is 0 Å². The number of rotatable bonds is 3. The average Bonchev–Trinajstić information content (AvgIpc) is 2.67. The Hall–Kier alpha value is -1.12. The maximum atomic E-state index is 11.5. The molecule has 3 heteroatoms. The molecule has 0 aromatic rings. The number of hydrogen-bond acceptors (Lipinski definition) is 2. The number of carbonyl (C=O) groups is 2. The molecule has 0 N–H and O–H groups in total. The van der Waals surface area contributed by atoms with Crippen molar-refractivity contribution < 1.29 is 9.59 Å². The van der Waals surface area contributed by atoms with Crippen molar-refractivity contribution in [1.29, 1.82) is 0 Å². The summed E-state index contributed by atoms with van der Waals surface area (Å²) in [5, 5.41) is 0. The van der Waals surface area contributed by atoms with Gasteiger partial charge in [-0.05, 0) is 6.42 Å². The lowest BCUT2D eigenvalue weighted by Crippen LogP contribution is -2.37. The number of hydrogen-bond donors (Lipinski definition) is 0. The molecule has 72 valence electrons. The second-order valence-electron chi connectivity index (χ2n) is 3.36. The third-order valence-corrected chi connectivity index (χ3v) is 2.38. The van der Waals surface area contributed by atoms with E-state index < -0.39 is 0 Å². The first kappa shape index (κ1) is 9.96. The molecule has 1 amide bonds. The van der Waals surface area contributed by atoms with Gasteiger partial charge >= 0.3 is 0 Å². The van der Waals surface area contributed by atoms with Crippen LogP contribution < -0.4 is 0 Å². The van der Waals surface area contributed by atoms with Crippen molar-refractivity contribution in [3.05, 3.63) is 12.2 Å². The maximum absolute atomic E-state index is 11.5. The summed E-state index contributed by atoms with van der Waals surface area (Å²) in [5.74, 6) is -0.737. The summed E-state index contributed by atoms with van der Waals surface area (Å²) in [6.07, 6.45) is 4.54. The summed E-state index contributed by atoms with van der Waals surface area (Å²) in [7, 11) is 0. The number of Topliss-reactive ketones (excluding diaryl/α,β-unsaturated/α-hetero) is 1. The molecule has 0 bridgehead atoms. The predicted molar refractivity (Wildman–Crippen MR) is 50.2 cm³/mol. The van der Waals surface area contributed by atoms with E-state index in [2.05, 4.69) is 0 Å². The van der Waals surface area contributed by atoms with Crippen molar-refractivity contribution in [2.75, 3.05) is 13.1 Å². The van der Waals surface area contributed by atoms with E-state index in [0.717, 1.165) is 6.42 Å². The van der Waals surface area contributed by atoms with Crippen LogP contribution in [0, 0.1) is 5.92 Å². The van der Waals surface area contributed by atoms with Crippen LogP contribution in [0.1, 0.15) is 20.3 Å². The molecular weight excluding hydrogens is 166 g/mol. The van der Waals surface area contributed by atoms with Crippen LogP contribution in [-0.4, -0.2) is 29.7 Å². The Morgan fingerprint density at radius 1 is 1.38 bits per heavy atom. The van der Waals surface area contributed by atoms with Gasteiger partial charge in [0.25, 0.3) is 5.91 Å². The van der Waals surface area contributed by atoms with E-state index in [0.29, 0.717) is 13.1 Å². The van der Waals surface area contributed by atoms with Crippen molar-refractivity contribution >= 4 is 11.7 Å². The minimum absolute atomic E-state index is 0.145. The molecule has 1 aliphatic rings. The lowest BCUT2D eigenvalue weighted by molar-refractivity contribution is -0.145. The third kappa shape index (κ3) is 2.17. The highest BCUT2D eigenvalue weighted by Crippen LogP contribution is 2.07. The molecule has 1 unspecified atom stereocenters. The number of carbonyl (C=O) groups excluding carboxylic acids is 2. The Morgan fingerprint density at radius 3 is 2.38 bits per heavy atom. The zero-order chi connectivity index (χ0) is 9.84. The largest absolute Gasteiger partial charge is 0.329 e. The maximum Gasteiger partial charge on any atom is 0.290 e. The fourth-order valence-corrected chi connectivity index (χ4v) is 1.20. The number of ketones is 1. The highest BCUT2D eigenvalue weighted by atomic mass is 16.2. The van der Waals surface area contributed by atoms with Gasteiger partial charge in [0.05, 0.1) is 0 Å². The number of amides is 1. The van der Waals surface area contributed by atoms with Crippen LogP contribution in [0.4, 0.5) is 0 Å². The molecule has 0 fully saturated rings. The molecule has 0 saturated heterocycles. The first-order valence-corrected chi connectivity index (χ1v) is 4.65. The molecule has 0 radical (unpaired) electrons. The Kier molecular flexibility index (Phi) is 3.23. The van der Waals surface area contributed by atoms with Crippen molar-refractivity contribution in [2.45, 2.75) is 20.3 Å². The molecule has 1 heterocycles. The molecule has 0 aliphatic carbocycles. The van der Waals surface area contributed by atoms with Gasteiger partial charge in [-0.1, -0.05) is 26.0 Å². The molecular formula is C10H15NO2. The van der Waals surface area contributed by atoms with Crippen LogP contribution in [-0.2, 0) is 9.59 Å². The second-order valence-corrected chi connectivity index (χ2v) is 3.36. The molecule has 0 saturated carbocycles. The lowest BCUT2D eigenvalue weighted by atomic mass is 10.0. The highest BCUT2D eigenvalue weighted by molar-refractivity contribution is 6.36. The second kappa shape index (κ2) is 4.21. The fourth-order valence-electron chi connectivity index (χ4n) is 1.20. The van der Waals surface area contributed by atoms with E-state index in [1.165, 1.54) is 0 Å². The van der Waals surface area contributed by atoms with Gasteiger partial charge in [0.1, 0.15) is 0 Å². The zero-order valence-corrected chi connectivity index (χ0v) is 8.12. The Balaban J connectivity index is 2.52. The normalized spacial score (nSPS) is 17.5. The summed E-state index contributed by atoms with van der Waals surface area (Å²) in [4.78, 5) is 24.5. The first-order valence-electron chi connectivity index (χ1n) is 4.65. The molecule has 1 atom stereocenters. The quantitative estimate of drug-likeness (QED) is 0.481. The molecule has 0 aromatic heterocycles. The average molecular weight is 181 g/mol. The summed E-state index contributed by atoms with van der Waals surface area (Å²) >= 11 is 0. The Bertz CT molecular complexity index is 237. The molecule has 0 aromatic carbocycles. The van der Waals surface area contributed by atoms with Crippen LogP contribution >= 0.6 is 0 Å². The van der Waals surface area contributed by atoms with Gasteiger partial charge in [0.2, 0.25) is 5.78 Å². The van der Waals surface area contributed by atoms with Crippen LogP contribution in [0.25, 0.3) is 0 Å². The highest BCUT2D eigenvalue weighted by Gasteiger charge is 2.25. The monoisotopic (exact) mass is 181 g/mol. The first-order chi connectivity index (χ1) is 6.16. The van der Waals surface area contributed by atoms with Crippen molar-refractivity contribution in [3.8, 4) is 0 Å². The van der Waals surface area contributed by atoms with Gasteiger partial charge < -0.3 is 4.90 Å². The minimum Gasteiger partial charge on any atom is -0.329 e. The summed E-state index contributed by atoms with van der Waals surface area (Å²) in [6, 6.07) is 0. The van der Waals surface area contributed by atoms with Crippen LogP contribution in [0.5, 0.6) is 0 Å². The zero-order valence-electron chi connectivity index (χ0n) is 8.12. The van der Waals surface area contributed by atoms with Gasteiger partial charge in [-0.25, -0.2) is 0 Å². The molecule has 1 rings (SSSR count). The Labute approximate surface area is 78.4 Å². The summed E-state index contributed by atoms with van der Waals surface area (Å²) in [6.45, 7) is 4.88. The van der Waals surface area contributed by atoms with E-state index in [4.69, 9.17) is 0 Å². The predicted octanol–water partition coefficient (Wildman–Crippen LogP) is 1.00. The standard InChI is InChI=1S/C10H15NO2/c1-3-8(2)9(12)10(13)11-6-4-5-7-11/h4-5,8H,3,6-7H2,1-2H3. The topological polar surface area (TPSA) is 37.4 Å². The van der Waals surface area contributed by atoms with E-state index in [-0.39, 0.29) is 17.6 Å². The summed E-state index contributed by atoms with van der Waals surface area (Å²) < 4.78 is 0. The Morgan fingerprint density at radius 2 is 1.92 bits per heavy atom. The van der Waals surface area contributed by atoms with Gasteiger partial charge in [-0.15, -0.1) is 0 Å². The molecule has 13 heavy (non-hydrogen) atoms. The van der Waals surface area contributed by atoms with Gasteiger partial charge in [-0.3, -0.25) is 9.59 Å². The molecule has 1 aliphatic heterocycles. The van der Waals surface area contributed by atoms with Gasteiger partial charge in [0.15, 0.2) is 0 Å². The smallest absolute Gasteiger partial charge is 0.290 e. The van der Waals surface area contributed by atoms with Gasteiger partial charge in [0, 0.05) is 19.0 Å². The lowest BCUT2D eigenvalue weighted by Gasteiger charge is -2.16. The summed E-state index contributed by atoms with van der Waals surface area (Å²) in [5.41, 5.74) is 0. The van der Waals surface area contributed by atoms with Crippen molar-refractivity contribution in [1.82, 2.24) is 4.90 Å². The van der Waals surface area contributed by atoms with E-state index in [9.17, 15) is 9.59 Å². The molecule has 3 nitrogen and oxygen atoms in total. The van der Waals surface area contributed by atoms with E-state index in [1.807, 2.05) is 19.1 Å². The van der Waals surface area contributed by atoms with Crippen LogP contribution in [0.3, 0.4) is 0 Å². The van der Waals surface area contributed by atoms with Crippen molar-refractivity contribution in [2.24, 2.45) is 5.92 Å². The third-order valence-electron chi connectivity index (χ3n) is 2.38. The van der Waals surface area contributed by atoms with Crippen LogP contribution in [0.2, 0.25) is 0 Å². The minimum atomic E-state index is -0.334. The van der Waals surface area contributed by atoms with E-state index >= 15 is 0 Å². The number of nitrogens with zero attached hydrogens (tertiary/aromatic N) is 1. The van der Waals surface area contributed by atoms with Crippen molar-refractivity contribution in [3.63, 3.8) is 0 Å². The fraction of sp³-hybridized carbons (Fsp3) is 0.600. The SMILES string of the molecule is CCC(C)C(=O)C(=O)N1CC=CC1. The molecule has 0 spiro atoms. The van der Waals surface area contributed by atoms with Crippen LogP contribution in [0.15, 0.2) is 12.2 Å². The van der Waals surface area contributed by atoms with E-state index in [1.54, 1.807) is 11.8 Å².